The van der Waals surface area contributed by atoms with Crippen molar-refractivity contribution < 1.29 is 4.79 Å². The second kappa shape index (κ2) is 7.53. The Labute approximate surface area is 174 Å². The van der Waals surface area contributed by atoms with E-state index in [1.165, 1.54) is 5.56 Å². The molecule has 2 heterocycles. The quantitative estimate of drug-likeness (QED) is 0.545. The summed E-state index contributed by atoms with van der Waals surface area (Å²) in [6.07, 6.45) is 2.03. The molecular formula is C22H21Cl2N3O. The van der Waals surface area contributed by atoms with Crippen molar-refractivity contribution in [3.63, 3.8) is 0 Å². The van der Waals surface area contributed by atoms with Crippen molar-refractivity contribution in [2.75, 3.05) is 11.9 Å². The number of benzene rings is 2. The molecule has 0 bridgehead atoms. The van der Waals surface area contributed by atoms with Gasteiger partial charge in [0, 0.05) is 40.7 Å². The molecule has 0 fully saturated rings. The van der Waals surface area contributed by atoms with E-state index in [1.54, 1.807) is 6.07 Å². The predicted octanol–water partition coefficient (Wildman–Crippen LogP) is 6.05. The van der Waals surface area contributed by atoms with Crippen LogP contribution in [0.4, 0.5) is 10.5 Å². The highest BCUT2D eigenvalue weighted by Crippen LogP contribution is 2.37. The van der Waals surface area contributed by atoms with Gasteiger partial charge in [-0.3, -0.25) is 0 Å². The monoisotopic (exact) mass is 413 g/mol. The van der Waals surface area contributed by atoms with Crippen molar-refractivity contribution in [1.29, 1.82) is 0 Å². The van der Waals surface area contributed by atoms with Crippen LogP contribution in [-0.2, 0) is 6.54 Å². The molecule has 2 aromatic carbocycles. The van der Waals surface area contributed by atoms with Crippen LogP contribution < -0.4 is 5.32 Å². The number of urea groups is 1. The summed E-state index contributed by atoms with van der Waals surface area (Å²) in [6.45, 7) is 5.42. The number of aryl methyl sites for hydroxylation is 2. The van der Waals surface area contributed by atoms with Crippen LogP contribution in [0.2, 0.25) is 10.0 Å². The SMILES string of the molecule is Cc1ccc(NC(=O)N2CCn3cccc3C2c2ccc(Cl)cc2Cl)cc1C. The minimum absolute atomic E-state index is 0.147. The van der Waals surface area contributed by atoms with Crippen LogP contribution in [0.25, 0.3) is 0 Å². The lowest BCUT2D eigenvalue weighted by Gasteiger charge is -2.37. The standard InChI is InChI=1S/C22H21Cl2N3O/c1-14-5-7-17(12-15(14)2)25-22(28)27-11-10-26-9-3-4-20(26)21(27)18-8-6-16(23)13-19(18)24/h3-9,12-13,21H,10-11H2,1-2H3,(H,25,28). The molecule has 0 saturated heterocycles. The maximum atomic E-state index is 13.2. The Morgan fingerprint density at radius 3 is 2.61 bits per heavy atom. The normalized spacial score (nSPS) is 16.0. The van der Waals surface area contributed by atoms with Gasteiger partial charge in [-0.1, -0.05) is 35.3 Å². The van der Waals surface area contributed by atoms with Crippen LogP contribution in [-0.4, -0.2) is 22.0 Å². The Morgan fingerprint density at radius 1 is 1.04 bits per heavy atom. The van der Waals surface area contributed by atoms with Crippen molar-refractivity contribution in [3.8, 4) is 0 Å². The van der Waals surface area contributed by atoms with Crippen LogP contribution in [0.15, 0.2) is 54.7 Å². The lowest BCUT2D eigenvalue weighted by Crippen LogP contribution is -2.44. The number of hydrogen-bond donors (Lipinski definition) is 1. The number of halogens is 2. The van der Waals surface area contributed by atoms with E-state index < -0.39 is 0 Å². The zero-order valence-electron chi connectivity index (χ0n) is 15.7. The fraction of sp³-hybridized carbons (Fsp3) is 0.227. The first-order valence-corrected chi connectivity index (χ1v) is 9.94. The van der Waals surface area contributed by atoms with Gasteiger partial charge in [-0.15, -0.1) is 0 Å². The summed E-state index contributed by atoms with van der Waals surface area (Å²) < 4.78 is 2.16. The molecule has 1 atom stereocenters. The zero-order chi connectivity index (χ0) is 19.8. The van der Waals surface area contributed by atoms with E-state index in [2.05, 4.69) is 16.8 Å². The fourth-order valence-electron chi connectivity index (χ4n) is 3.67. The van der Waals surface area contributed by atoms with Gasteiger partial charge in [0.1, 0.15) is 6.04 Å². The fourth-order valence-corrected chi connectivity index (χ4v) is 4.18. The zero-order valence-corrected chi connectivity index (χ0v) is 17.3. The number of anilines is 1. The van der Waals surface area contributed by atoms with Crippen LogP contribution in [0, 0.1) is 13.8 Å². The van der Waals surface area contributed by atoms with Gasteiger partial charge in [-0.2, -0.15) is 0 Å². The largest absolute Gasteiger partial charge is 0.348 e. The molecule has 6 heteroatoms. The number of aromatic nitrogens is 1. The van der Waals surface area contributed by atoms with E-state index in [9.17, 15) is 4.79 Å². The van der Waals surface area contributed by atoms with Crippen molar-refractivity contribution in [3.05, 3.63) is 87.2 Å². The molecule has 1 unspecified atom stereocenters. The molecule has 2 amide bonds. The molecule has 1 N–H and O–H groups in total. The Balaban J connectivity index is 1.70. The van der Waals surface area contributed by atoms with Crippen LogP contribution in [0.5, 0.6) is 0 Å². The molecule has 28 heavy (non-hydrogen) atoms. The van der Waals surface area contributed by atoms with Crippen molar-refractivity contribution in [1.82, 2.24) is 9.47 Å². The first-order chi connectivity index (χ1) is 13.4. The average molecular weight is 414 g/mol. The highest BCUT2D eigenvalue weighted by Gasteiger charge is 2.33. The van der Waals surface area contributed by atoms with E-state index in [0.717, 1.165) is 29.1 Å². The summed E-state index contributed by atoms with van der Waals surface area (Å²) in [5.74, 6) is 0. The molecule has 3 aromatic rings. The van der Waals surface area contributed by atoms with Gasteiger partial charge in [0.2, 0.25) is 0 Å². The number of rotatable bonds is 2. The molecule has 4 rings (SSSR count). The summed E-state index contributed by atoms with van der Waals surface area (Å²) in [4.78, 5) is 15.0. The summed E-state index contributed by atoms with van der Waals surface area (Å²) >= 11 is 12.6. The molecule has 1 aliphatic heterocycles. The summed E-state index contributed by atoms with van der Waals surface area (Å²) in [7, 11) is 0. The van der Waals surface area contributed by atoms with Crippen LogP contribution in [0.3, 0.4) is 0 Å². The molecule has 0 radical (unpaired) electrons. The van der Waals surface area contributed by atoms with Gasteiger partial charge >= 0.3 is 6.03 Å². The van der Waals surface area contributed by atoms with Gasteiger partial charge in [-0.05, 0) is 66.9 Å². The number of amides is 2. The molecule has 0 spiro atoms. The summed E-state index contributed by atoms with van der Waals surface area (Å²) in [6, 6.07) is 15.0. The Morgan fingerprint density at radius 2 is 1.86 bits per heavy atom. The molecule has 4 nitrogen and oxygen atoms in total. The predicted molar refractivity (Wildman–Crippen MR) is 114 cm³/mol. The third-order valence-electron chi connectivity index (χ3n) is 5.31. The van der Waals surface area contributed by atoms with E-state index in [1.807, 2.05) is 60.5 Å². The van der Waals surface area contributed by atoms with Gasteiger partial charge in [0.15, 0.2) is 0 Å². The topological polar surface area (TPSA) is 37.3 Å². The molecule has 1 aromatic heterocycles. The second-order valence-electron chi connectivity index (χ2n) is 7.12. The van der Waals surface area contributed by atoms with Gasteiger partial charge in [-0.25, -0.2) is 4.79 Å². The van der Waals surface area contributed by atoms with Crippen LogP contribution in [0.1, 0.15) is 28.4 Å². The number of hydrogen-bond acceptors (Lipinski definition) is 1. The Hall–Kier alpha value is -2.43. The van der Waals surface area contributed by atoms with Gasteiger partial charge in [0.25, 0.3) is 0 Å². The molecule has 0 aliphatic carbocycles. The number of nitrogens with zero attached hydrogens (tertiary/aromatic N) is 2. The highest BCUT2D eigenvalue weighted by molar-refractivity contribution is 6.35. The maximum absolute atomic E-state index is 13.2. The smallest absolute Gasteiger partial charge is 0.322 e. The Kier molecular flexibility index (Phi) is 5.09. The average Bonchev–Trinajstić information content (AvgIpc) is 3.13. The first-order valence-electron chi connectivity index (χ1n) is 9.19. The lowest BCUT2D eigenvalue weighted by molar-refractivity contribution is 0.182. The molecular weight excluding hydrogens is 393 g/mol. The molecule has 144 valence electrons. The van der Waals surface area contributed by atoms with Crippen molar-refractivity contribution >= 4 is 34.9 Å². The van der Waals surface area contributed by atoms with E-state index in [-0.39, 0.29) is 12.1 Å². The van der Waals surface area contributed by atoms with E-state index in [0.29, 0.717) is 16.6 Å². The van der Waals surface area contributed by atoms with Crippen LogP contribution >= 0.6 is 23.2 Å². The lowest BCUT2D eigenvalue weighted by atomic mass is 10.00. The maximum Gasteiger partial charge on any atom is 0.322 e. The molecule has 1 aliphatic rings. The van der Waals surface area contributed by atoms with E-state index >= 15 is 0 Å². The number of carbonyl (C=O) groups is 1. The van der Waals surface area contributed by atoms with Crippen molar-refractivity contribution in [2.24, 2.45) is 0 Å². The first kappa shape index (κ1) is 18.9. The number of fused-ring (bicyclic) bond motifs is 1. The third-order valence-corrected chi connectivity index (χ3v) is 5.88. The Bertz CT molecular complexity index is 1040. The second-order valence-corrected chi connectivity index (χ2v) is 7.96. The number of nitrogens with one attached hydrogen (secondary N) is 1. The highest BCUT2D eigenvalue weighted by atomic mass is 35.5. The minimum atomic E-state index is -0.278. The van der Waals surface area contributed by atoms with Gasteiger partial charge < -0.3 is 14.8 Å². The van der Waals surface area contributed by atoms with Gasteiger partial charge in [0.05, 0.1) is 0 Å². The third kappa shape index (κ3) is 3.50. The minimum Gasteiger partial charge on any atom is -0.348 e. The number of carbonyl (C=O) groups excluding carboxylic acids is 1. The summed E-state index contributed by atoms with van der Waals surface area (Å²) in [5, 5.41) is 4.17. The summed E-state index contributed by atoms with van der Waals surface area (Å²) in [5.41, 5.74) is 5.02. The van der Waals surface area contributed by atoms with E-state index in [4.69, 9.17) is 23.2 Å². The van der Waals surface area contributed by atoms with Crippen molar-refractivity contribution in [2.45, 2.75) is 26.4 Å². The molecule has 0 saturated carbocycles.